The summed E-state index contributed by atoms with van der Waals surface area (Å²) in [6.45, 7) is -3.15. The first-order valence-electron chi connectivity index (χ1n) is 4.42. The van der Waals surface area contributed by atoms with E-state index >= 15 is 0 Å². The summed E-state index contributed by atoms with van der Waals surface area (Å²) < 4.78 is 28.3. The van der Waals surface area contributed by atoms with E-state index in [-0.39, 0.29) is 10.9 Å². The van der Waals surface area contributed by atoms with Gasteiger partial charge in [0.15, 0.2) is 0 Å². The molecule has 0 aliphatic carbocycles. The van der Waals surface area contributed by atoms with Crippen molar-refractivity contribution < 1.29 is 28.3 Å². The predicted molar refractivity (Wildman–Crippen MR) is 59.3 cm³/mol. The highest BCUT2D eigenvalue weighted by atomic mass is 79.9. The van der Waals surface area contributed by atoms with E-state index in [1.807, 2.05) is 0 Å². The van der Waals surface area contributed by atoms with Gasteiger partial charge in [0.2, 0.25) is 0 Å². The summed E-state index contributed by atoms with van der Waals surface area (Å²) in [5, 5.41) is 19.5. The molecule has 0 fully saturated rings. The lowest BCUT2D eigenvalue weighted by Crippen LogP contribution is -2.08. The van der Waals surface area contributed by atoms with Gasteiger partial charge in [-0.3, -0.25) is 10.1 Å². The maximum Gasteiger partial charge on any atom is 0.387 e. The zero-order valence-electron chi connectivity index (χ0n) is 8.60. The van der Waals surface area contributed by atoms with Crippen molar-refractivity contribution in [3.8, 4) is 5.75 Å². The van der Waals surface area contributed by atoms with Crippen molar-refractivity contribution in [2.24, 2.45) is 0 Å². The number of ether oxygens (including phenoxy) is 1. The van der Waals surface area contributed by atoms with Gasteiger partial charge in [0.05, 0.1) is 11.0 Å². The number of nitrogens with zero attached hydrogens (tertiary/aromatic N) is 1. The first-order chi connectivity index (χ1) is 8.36. The molecule has 0 aliphatic rings. The number of carbonyl (C=O) groups is 1. The minimum absolute atomic E-state index is 0.0212. The van der Waals surface area contributed by atoms with Gasteiger partial charge in [0.25, 0.3) is 5.69 Å². The Balaban J connectivity index is 3.41. The fourth-order valence-electron chi connectivity index (χ4n) is 1.25. The normalized spacial score (nSPS) is 10.4. The Morgan fingerprint density at radius 1 is 1.56 bits per heavy atom. The van der Waals surface area contributed by atoms with Crippen molar-refractivity contribution >= 4 is 27.6 Å². The molecule has 0 saturated carbocycles. The number of nitro groups is 1. The van der Waals surface area contributed by atoms with Crippen molar-refractivity contribution in [3.63, 3.8) is 0 Å². The Labute approximate surface area is 107 Å². The van der Waals surface area contributed by atoms with Gasteiger partial charge in [-0.15, -0.1) is 0 Å². The van der Waals surface area contributed by atoms with Gasteiger partial charge in [0, 0.05) is 10.9 Å². The first kappa shape index (κ1) is 14.3. The Bertz CT molecular complexity index is 494. The third-order valence-electron chi connectivity index (χ3n) is 1.97. The summed E-state index contributed by atoms with van der Waals surface area (Å²) in [6, 6.07) is 1.60. The zero-order valence-corrected chi connectivity index (χ0v) is 10.2. The van der Waals surface area contributed by atoms with Crippen molar-refractivity contribution in [1.29, 1.82) is 0 Å². The van der Waals surface area contributed by atoms with Gasteiger partial charge < -0.3 is 9.84 Å². The predicted octanol–water partition coefficient (Wildman–Crippen LogP) is 2.79. The van der Waals surface area contributed by atoms with Crippen LogP contribution in [0.15, 0.2) is 12.1 Å². The molecule has 0 spiro atoms. The largest absolute Gasteiger partial charge is 0.477 e. The van der Waals surface area contributed by atoms with E-state index in [0.29, 0.717) is 6.07 Å². The molecule has 1 N–H and O–H groups in total. The maximum absolute atomic E-state index is 12.1. The highest BCUT2D eigenvalue weighted by molar-refractivity contribution is 9.08. The number of hydrogen-bond acceptors (Lipinski definition) is 4. The van der Waals surface area contributed by atoms with Gasteiger partial charge >= 0.3 is 12.6 Å². The van der Waals surface area contributed by atoms with E-state index in [2.05, 4.69) is 20.7 Å². The lowest BCUT2D eigenvalue weighted by atomic mass is 10.1. The van der Waals surface area contributed by atoms with Crippen LogP contribution < -0.4 is 4.74 Å². The van der Waals surface area contributed by atoms with E-state index in [1.165, 1.54) is 0 Å². The molecule has 1 aromatic rings. The molecule has 0 aromatic heterocycles. The summed E-state index contributed by atoms with van der Waals surface area (Å²) in [7, 11) is 0. The molecule has 0 aliphatic heterocycles. The van der Waals surface area contributed by atoms with Crippen LogP contribution in [-0.4, -0.2) is 22.6 Å². The monoisotopic (exact) mass is 325 g/mol. The molecule has 0 unspecified atom stereocenters. The lowest BCUT2D eigenvalue weighted by Gasteiger charge is -2.10. The van der Waals surface area contributed by atoms with E-state index in [4.69, 9.17) is 5.11 Å². The molecular formula is C9H6BrF2NO5. The second-order valence-corrected chi connectivity index (χ2v) is 3.61. The standard InChI is InChI=1S/C9H6BrF2NO5/c10-3-4-1-5(8(14)15)6(13(16)17)2-7(4)18-9(11)12/h1-2,9H,3H2,(H,14,15). The second-order valence-electron chi connectivity index (χ2n) is 3.05. The third-order valence-corrected chi connectivity index (χ3v) is 2.57. The summed E-state index contributed by atoms with van der Waals surface area (Å²) in [6.07, 6.45) is 0. The quantitative estimate of drug-likeness (QED) is 0.510. The Morgan fingerprint density at radius 3 is 2.56 bits per heavy atom. The van der Waals surface area contributed by atoms with Gasteiger partial charge in [-0.05, 0) is 6.07 Å². The lowest BCUT2D eigenvalue weighted by molar-refractivity contribution is -0.385. The van der Waals surface area contributed by atoms with Crippen LogP contribution in [0.5, 0.6) is 5.75 Å². The minimum Gasteiger partial charge on any atom is -0.477 e. The van der Waals surface area contributed by atoms with E-state index in [1.54, 1.807) is 0 Å². The van der Waals surface area contributed by atoms with E-state index in [9.17, 15) is 23.7 Å². The Hall–Kier alpha value is -1.77. The summed E-state index contributed by atoms with van der Waals surface area (Å²) in [5.74, 6) is -1.95. The molecule has 0 atom stereocenters. The van der Waals surface area contributed by atoms with Crippen LogP contribution >= 0.6 is 15.9 Å². The molecule has 98 valence electrons. The van der Waals surface area contributed by atoms with Crippen molar-refractivity contribution in [3.05, 3.63) is 33.4 Å². The highest BCUT2D eigenvalue weighted by Gasteiger charge is 2.24. The van der Waals surface area contributed by atoms with Crippen LogP contribution in [0, 0.1) is 10.1 Å². The molecule has 0 saturated heterocycles. The van der Waals surface area contributed by atoms with Crippen molar-refractivity contribution in [2.45, 2.75) is 11.9 Å². The highest BCUT2D eigenvalue weighted by Crippen LogP contribution is 2.31. The van der Waals surface area contributed by atoms with Gasteiger partial charge in [-0.1, -0.05) is 15.9 Å². The van der Waals surface area contributed by atoms with Gasteiger partial charge in [-0.2, -0.15) is 8.78 Å². The second kappa shape index (κ2) is 5.71. The first-order valence-corrected chi connectivity index (χ1v) is 5.54. The minimum atomic E-state index is -3.15. The smallest absolute Gasteiger partial charge is 0.387 e. The molecule has 9 heteroatoms. The average Bonchev–Trinajstić information content (AvgIpc) is 2.27. The van der Waals surface area contributed by atoms with Crippen LogP contribution in [-0.2, 0) is 5.33 Å². The number of halogens is 3. The molecular weight excluding hydrogens is 320 g/mol. The number of carboxylic acids is 1. The Morgan fingerprint density at radius 2 is 2.17 bits per heavy atom. The van der Waals surface area contributed by atoms with Crippen LogP contribution in [0.1, 0.15) is 15.9 Å². The fraction of sp³-hybridized carbons (Fsp3) is 0.222. The average molecular weight is 326 g/mol. The Kier molecular flexibility index (Phi) is 4.54. The topological polar surface area (TPSA) is 89.7 Å². The fourth-order valence-corrected chi connectivity index (χ4v) is 1.68. The van der Waals surface area contributed by atoms with Crippen LogP contribution in [0.25, 0.3) is 0 Å². The number of alkyl halides is 3. The third kappa shape index (κ3) is 3.13. The number of carboxylic acid groups (broad SMARTS) is 1. The SMILES string of the molecule is O=C(O)c1cc(CBr)c(OC(F)F)cc1[N+](=O)[O-]. The maximum atomic E-state index is 12.1. The molecule has 18 heavy (non-hydrogen) atoms. The summed E-state index contributed by atoms with van der Waals surface area (Å²) in [5.41, 5.74) is -1.31. The van der Waals surface area contributed by atoms with Crippen molar-refractivity contribution in [2.75, 3.05) is 0 Å². The molecule has 0 radical (unpaired) electrons. The zero-order chi connectivity index (χ0) is 13.9. The molecule has 1 rings (SSSR count). The van der Waals surface area contributed by atoms with Crippen molar-refractivity contribution in [1.82, 2.24) is 0 Å². The molecule has 0 amide bonds. The van der Waals surface area contributed by atoms with Crippen LogP contribution in [0.4, 0.5) is 14.5 Å². The van der Waals surface area contributed by atoms with E-state index in [0.717, 1.165) is 6.07 Å². The molecule has 0 heterocycles. The van der Waals surface area contributed by atoms with Crippen LogP contribution in [0.2, 0.25) is 0 Å². The summed E-state index contributed by atoms with van der Waals surface area (Å²) >= 11 is 2.96. The van der Waals surface area contributed by atoms with Gasteiger partial charge in [0.1, 0.15) is 11.3 Å². The van der Waals surface area contributed by atoms with E-state index < -0.39 is 34.5 Å². The number of aromatic carboxylic acids is 1. The molecule has 1 aromatic carbocycles. The molecule has 6 nitrogen and oxygen atoms in total. The molecule has 0 bridgehead atoms. The van der Waals surface area contributed by atoms with Crippen LogP contribution in [0.3, 0.4) is 0 Å². The number of hydrogen-bond donors (Lipinski definition) is 1. The number of rotatable bonds is 5. The summed E-state index contributed by atoms with van der Waals surface area (Å²) in [4.78, 5) is 20.5. The van der Waals surface area contributed by atoms with Gasteiger partial charge in [-0.25, -0.2) is 4.79 Å². The number of nitro benzene ring substituents is 1. The number of benzene rings is 1.